The van der Waals surface area contributed by atoms with Crippen molar-refractivity contribution in [1.82, 2.24) is 15.9 Å². The summed E-state index contributed by atoms with van der Waals surface area (Å²) in [7, 11) is 0. The second-order valence-electron chi connectivity index (χ2n) is 9.16. The van der Waals surface area contributed by atoms with E-state index in [0.717, 1.165) is 39.2 Å². The van der Waals surface area contributed by atoms with E-state index in [4.69, 9.17) is 19.5 Å². The predicted octanol–water partition coefficient (Wildman–Crippen LogP) is 4.06. The number of aryl methyl sites for hydroxylation is 1. The van der Waals surface area contributed by atoms with Gasteiger partial charge in [-0.3, -0.25) is 25.3 Å². The number of hydrogen-bond acceptors (Lipinski definition) is 7. The van der Waals surface area contributed by atoms with E-state index >= 15 is 0 Å². The van der Waals surface area contributed by atoms with Gasteiger partial charge in [0.1, 0.15) is 18.5 Å². The van der Waals surface area contributed by atoms with Gasteiger partial charge in [-0.1, -0.05) is 18.2 Å². The summed E-state index contributed by atoms with van der Waals surface area (Å²) in [5, 5.41) is 10.1. The minimum atomic E-state index is -0.436. The number of para-hydroxylation sites is 1. The number of benzene rings is 2. The molecule has 1 atom stereocenters. The van der Waals surface area contributed by atoms with Crippen LogP contribution in [-0.2, 0) is 21.0 Å². The molecule has 3 heterocycles. The number of aromatic nitrogens is 1. The normalized spacial score (nSPS) is 19.1. The predicted molar refractivity (Wildman–Crippen MR) is 130 cm³/mol. The second kappa shape index (κ2) is 10.0. The summed E-state index contributed by atoms with van der Waals surface area (Å²) in [5.74, 6) is 0.347. The van der Waals surface area contributed by atoms with Gasteiger partial charge < -0.3 is 9.47 Å². The molecule has 2 aliphatic rings. The zero-order valence-corrected chi connectivity index (χ0v) is 19.6. The van der Waals surface area contributed by atoms with Crippen LogP contribution in [0.5, 0.6) is 5.75 Å². The first-order valence-electron chi connectivity index (χ1n) is 11.8. The molecule has 1 amide bonds. The molecule has 1 saturated heterocycles. The van der Waals surface area contributed by atoms with Crippen LogP contribution in [0.15, 0.2) is 60.7 Å². The smallest absolute Gasteiger partial charge is 0.244 e. The van der Waals surface area contributed by atoms with Gasteiger partial charge in [0.2, 0.25) is 5.91 Å². The number of carbonyl (C=O) groups excluding carboxylic acids is 1. The molecule has 182 valence electrons. The Morgan fingerprint density at radius 3 is 2.74 bits per heavy atom. The van der Waals surface area contributed by atoms with E-state index < -0.39 is 11.3 Å². The number of pyridine rings is 1. The summed E-state index contributed by atoms with van der Waals surface area (Å²) in [4.78, 5) is 22.5. The van der Waals surface area contributed by atoms with E-state index in [2.05, 4.69) is 22.6 Å². The number of nitrogens with one attached hydrogen (secondary N) is 2. The molecule has 3 N–H and O–H groups in total. The Balaban J connectivity index is 1.28. The van der Waals surface area contributed by atoms with Gasteiger partial charge in [-0.05, 0) is 67.8 Å². The van der Waals surface area contributed by atoms with Gasteiger partial charge in [0, 0.05) is 41.7 Å². The van der Waals surface area contributed by atoms with Crippen molar-refractivity contribution in [1.29, 1.82) is 0 Å². The molecule has 8 nitrogen and oxygen atoms in total. The van der Waals surface area contributed by atoms with Crippen LogP contribution < -0.4 is 15.7 Å². The molecule has 1 unspecified atom stereocenters. The summed E-state index contributed by atoms with van der Waals surface area (Å²) in [6.45, 7) is 3.55. The molecule has 0 saturated carbocycles. The number of hydroxylamine groups is 2. The molecule has 1 aromatic heterocycles. The molecule has 2 aliphatic heterocycles. The van der Waals surface area contributed by atoms with Crippen LogP contribution in [0, 0.1) is 12.3 Å². The van der Waals surface area contributed by atoms with Gasteiger partial charge in [0.15, 0.2) is 0 Å². The Bertz CT molecular complexity index is 1240. The van der Waals surface area contributed by atoms with Crippen LogP contribution in [-0.4, -0.2) is 35.4 Å². The van der Waals surface area contributed by atoms with E-state index in [9.17, 15) is 4.79 Å². The van der Waals surface area contributed by atoms with Crippen LogP contribution in [0.1, 0.15) is 36.1 Å². The van der Waals surface area contributed by atoms with Gasteiger partial charge in [0.25, 0.3) is 0 Å². The molecule has 2 aromatic carbocycles. The second-order valence-corrected chi connectivity index (χ2v) is 9.16. The van der Waals surface area contributed by atoms with Crippen molar-refractivity contribution in [3.63, 3.8) is 0 Å². The Kier molecular flexibility index (Phi) is 6.68. The maximum atomic E-state index is 12.0. The minimum absolute atomic E-state index is 0.166. The summed E-state index contributed by atoms with van der Waals surface area (Å²) >= 11 is 0. The largest absolute Gasteiger partial charge is 0.489 e. The highest BCUT2D eigenvalue weighted by Gasteiger charge is 2.44. The van der Waals surface area contributed by atoms with Crippen molar-refractivity contribution in [2.75, 3.05) is 13.2 Å². The molecule has 0 aliphatic carbocycles. The summed E-state index contributed by atoms with van der Waals surface area (Å²) in [6.07, 6.45) is 3.22. The van der Waals surface area contributed by atoms with E-state index in [1.165, 1.54) is 0 Å². The van der Waals surface area contributed by atoms with Gasteiger partial charge in [0.05, 0.1) is 11.2 Å². The number of amides is 1. The fourth-order valence-corrected chi connectivity index (χ4v) is 4.91. The van der Waals surface area contributed by atoms with Crippen molar-refractivity contribution in [2.24, 2.45) is 5.41 Å². The third kappa shape index (κ3) is 5.00. The van der Waals surface area contributed by atoms with Crippen molar-refractivity contribution in [3.8, 4) is 5.75 Å². The number of rotatable bonds is 7. The van der Waals surface area contributed by atoms with Crippen molar-refractivity contribution < 1.29 is 24.3 Å². The number of carbonyl (C=O) groups is 1. The Labute approximate surface area is 203 Å². The molecule has 0 bridgehead atoms. The quantitative estimate of drug-likeness (QED) is 0.350. The van der Waals surface area contributed by atoms with E-state index in [0.29, 0.717) is 32.7 Å². The maximum absolute atomic E-state index is 12.0. The van der Waals surface area contributed by atoms with Gasteiger partial charge in [-0.2, -0.15) is 0 Å². The Morgan fingerprint density at radius 1 is 1.20 bits per heavy atom. The van der Waals surface area contributed by atoms with Gasteiger partial charge >= 0.3 is 0 Å². The van der Waals surface area contributed by atoms with Crippen molar-refractivity contribution in [3.05, 3.63) is 77.5 Å². The maximum Gasteiger partial charge on any atom is 0.244 e. The average Bonchev–Trinajstić information content (AvgIpc) is 3.39. The molecule has 5 rings (SSSR count). The Hall–Kier alpha value is -3.46. The fraction of sp³-hybridized carbons (Fsp3) is 0.333. The number of ether oxygens (including phenoxy) is 2. The van der Waals surface area contributed by atoms with Crippen LogP contribution in [0.2, 0.25) is 0 Å². The zero-order chi connectivity index (χ0) is 24.3. The first-order valence-corrected chi connectivity index (χ1v) is 11.8. The zero-order valence-electron chi connectivity index (χ0n) is 19.6. The lowest BCUT2D eigenvalue weighted by atomic mass is 9.72. The lowest BCUT2D eigenvalue weighted by molar-refractivity contribution is -0.140. The highest BCUT2D eigenvalue weighted by molar-refractivity contribution is 5.82. The SMILES string of the molecule is Cc1cc(COc2ccc(C3=CC(C4(CC(=O)NO)CCOCC4)ON3)cc2)c2ccccc2n1. The lowest BCUT2D eigenvalue weighted by Gasteiger charge is -2.39. The molecule has 35 heavy (non-hydrogen) atoms. The first-order chi connectivity index (χ1) is 17.1. The molecule has 0 radical (unpaired) electrons. The highest BCUT2D eigenvalue weighted by atomic mass is 16.7. The lowest BCUT2D eigenvalue weighted by Crippen LogP contribution is -2.44. The number of fused-ring (bicyclic) bond motifs is 1. The molecule has 1 fully saturated rings. The van der Waals surface area contributed by atoms with Crippen molar-refractivity contribution >= 4 is 22.5 Å². The summed E-state index contributed by atoms with van der Waals surface area (Å²) < 4.78 is 11.6. The first kappa shape index (κ1) is 23.3. The van der Waals surface area contributed by atoms with Crippen LogP contribution in [0.25, 0.3) is 16.6 Å². The number of nitrogens with zero attached hydrogens (tertiary/aromatic N) is 1. The van der Waals surface area contributed by atoms with E-state index in [1.54, 1.807) is 5.48 Å². The van der Waals surface area contributed by atoms with E-state index in [-0.39, 0.29) is 12.5 Å². The average molecular weight is 476 g/mol. The van der Waals surface area contributed by atoms with Crippen molar-refractivity contribution in [2.45, 2.75) is 38.9 Å². The molecule has 3 aromatic rings. The van der Waals surface area contributed by atoms with Crippen LogP contribution in [0.4, 0.5) is 0 Å². The summed E-state index contributed by atoms with van der Waals surface area (Å²) in [5.41, 5.74) is 9.16. The molecule has 0 spiro atoms. The third-order valence-corrected chi connectivity index (χ3v) is 6.83. The standard InChI is InChI=1S/C27H29N3O5/c1-18-14-20(22-4-2-3-5-23(22)28-18)17-34-21-8-6-19(7-9-21)24-15-25(35-30-24)27(16-26(31)29-32)10-12-33-13-11-27/h2-9,14-15,25,30,32H,10-13,16-17H2,1H3,(H,29,31). The van der Waals surface area contributed by atoms with E-state index in [1.807, 2.05) is 55.5 Å². The van der Waals surface area contributed by atoms with Crippen LogP contribution in [0.3, 0.4) is 0 Å². The molecule has 8 heteroatoms. The fourth-order valence-electron chi connectivity index (χ4n) is 4.91. The topological polar surface area (TPSA) is 102 Å². The highest BCUT2D eigenvalue weighted by Crippen LogP contribution is 2.42. The van der Waals surface area contributed by atoms with Gasteiger partial charge in [-0.25, -0.2) is 5.48 Å². The monoisotopic (exact) mass is 475 g/mol. The molecular formula is C27H29N3O5. The van der Waals surface area contributed by atoms with Crippen LogP contribution >= 0.6 is 0 Å². The van der Waals surface area contributed by atoms with Gasteiger partial charge in [-0.15, -0.1) is 0 Å². The molecular weight excluding hydrogens is 446 g/mol. The Morgan fingerprint density at radius 2 is 1.97 bits per heavy atom. The third-order valence-electron chi connectivity index (χ3n) is 6.83. The summed E-state index contributed by atoms with van der Waals surface area (Å²) in [6, 6.07) is 18.0. The minimum Gasteiger partial charge on any atom is -0.489 e. The number of hydrogen-bond donors (Lipinski definition) is 3.